The molecule has 1 aliphatic rings. The fraction of sp³-hybridized carbons (Fsp3) is 0.167. The van der Waals surface area contributed by atoms with Gasteiger partial charge in [0.05, 0.1) is 35.9 Å². The number of aromatic carboxylic acids is 1. The second kappa shape index (κ2) is 5.49. The second-order valence-electron chi connectivity index (χ2n) is 6.02. The first-order chi connectivity index (χ1) is 11.6. The second-order valence-corrected chi connectivity index (χ2v) is 6.02. The molecule has 2 aromatic heterocycles. The molecule has 0 radical (unpaired) electrons. The maximum Gasteiger partial charge on any atom is 0.337 e. The van der Waals surface area contributed by atoms with Gasteiger partial charge in [-0.3, -0.25) is 9.67 Å². The predicted molar refractivity (Wildman–Crippen MR) is 90.3 cm³/mol. The number of carboxylic acid groups (broad SMARTS) is 1. The largest absolute Gasteiger partial charge is 0.478 e. The van der Waals surface area contributed by atoms with Gasteiger partial charge in [0, 0.05) is 18.9 Å². The molecule has 0 amide bonds. The third-order valence-corrected chi connectivity index (χ3v) is 4.11. The van der Waals surface area contributed by atoms with E-state index >= 15 is 0 Å². The van der Waals surface area contributed by atoms with Gasteiger partial charge < -0.3 is 9.67 Å². The van der Waals surface area contributed by atoms with Crippen molar-refractivity contribution in [1.82, 2.24) is 14.3 Å². The number of fused-ring (bicyclic) bond motifs is 2. The number of carbonyl (C=O) groups is 1. The predicted octanol–water partition coefficient (Wildman–Crippen LogP) is 2.85. The van der Waals surface area contributed by atoms with Crippen LogP contribution in [-0.2, 0) is 13.1 Å². The molecule has 1 aromatic carbocycles. The summed E-state index contributed by atoms with van der Waals surface area (Å²) in [6.45, 7) is 3.33. The standard InChI is InChI=1S/C18H16N4O2/c1-12-6-20-22(8-12)9-13-2-3-14-10-21-11-15(18(23)24)5-16(21)7-19-17(14)4-13/h2-8,11H,9-10H2,1H3,(H,23,24). The van der Waals surface area contributed by atoms with Crippen molar-refractivity contribution in [2.75, 3.05) is 0 Å². The van der Waals surface area contributed by atoms with E-state index in [4.69, 9.17) is 5.11 Å². The highest BCUT2D eigenvalue weighted by atomic mass is 16.4. The molecule has 4 rings (SSSR count). The molecular weight excluding hydrogens is 304 g/mol. The van der Waals surface area contributed by atoms with Gasteiger partial charge in [-0.15, -0.1) is 0 Å². The number of aromatic nitrogens is 3. The fourth-order valence-electron chi connectivity index (χ4n) is 2.91. The minimum absolute atomic E-state index is 0.283. The van der Waals surface area contributed by atoms with E-state index < -0.39 is 5.97 Å². The Labute approximate surface area is 138 Å². The van der Waals surface area contributed by atoms with Crippen molar-refractivity contribution in [3.05, 3.63) is 70.8 Å². The Balaban J connectivity index is 1.64. The molecule has 6 heteroatoms. The van der Waals surface area contributed by atoms with Gasteiger partial charge in [-0.1, -0.05) is 12.1 Å². The molecule has 0 atom stereocenters. The third-order valence-electron chi connectivity index (χ3n) is 4.11. The molecule has 0 saturated carbocycles. The average molecular weight is 320 g/mol. The Morgan fingerprint density at radius 2 is 2.17 bits per heavy atom. The Morgan fingerprint density at radius 3 is 2.92 bits per heavy atom. The van der Waals surface area contributed by atoms with Gasteiger partial charge in [-0.2, -0.15) is 5.10 Å². The molecule has 0 aliphatic carbocycles. The summed E-state index contributed by atoms with van der Waals surface area (Å²) in [5.74, 6) is -0.922. The number of hydrogen-bond acceptors (Lipinski definition) is 3. The maximum absolute atomic E-state index is 11.1. The van der Waals surface area contributed by atoms with E-state index in [-0.39, 0.29) is 5.56 Å². The molecule has 3 aromatic rings. The van der Waals surface area contributed by atoms with Gasteiger partial charge in [0.15, 0.2) is 0 Å². The highest BCUT2D eigenvalue weighted by Gasteiger charge is 2.14. The van der Waals surface area contributed by atoms with Crippen LogP contribution in [0.4, 0.5) is 5.69 Å². The summed E-state index contributed by atoms with van der Waals surface area (Å²) in [5.41, 5.74) is 5.33. The van der Waals surface area contributed by atoms with Gasteiger partial charge in [-0.05, 0) is 35.7 Å². The number of benzene rings is 1. The number of aryl methyl sites for hydroxylation is 1. The highest BCUT2D eigenvalue weighted by Crippen LogP contribution is 2.26. The quantitative estimate of drug-likeness (QED) is 0.631. The van der Waals surface area contributed by atoms with Crippen LogP contribution in [0.25, 0.3) is 0 Å². The zero-order valence-electron chi connectivity index (χ0n) is 13.2. The Bertz CT molecular complexity index is 965. The lowest BCUT2D eigenvalue weighted by atomic mass is 10.1. The number of hydrogen-bond donors (Lipinski definition) is 1. The van der Waals surface area contributed by atoms with Crippen molar-refractivity contribution in [2.24, 2.45) is 4.99 Å². The third kappa shape index (κ3) is 2.62. The molecular formula is C18H16N4O2. The van der Waals surface area contributed by atoms with Crippen LogP contribution >= 0.6 is 0 Å². The van der Waals surface area contributed by atoms with Crippen LogP contribution in [-0.4, -0.2) is 31.6 Å². The summed E-state index contributed by atoms with van der Waals surface area (Å²) < 4.78 is 3.81. The molecule has 120 valence electrons. The lowest BCUT2D eigenvalue weighted by Gasteiger charge is -2.08. The van der Waals surface area contributed by atoms with Crippen molar-refractivity contribution in [3.8, 4) is 0 Å². The zero-order chi connectivity index (χ0) is 16.7. The van der Waals surface area contributed by atoms with E-state index in [0.717, 1.165) is 28.1 Å². The number of rotatable bonds is 3. The van der Waals surface area contributed by atoms with Gasteiger partial charge in [0.1, 0.15) is 0 Å². The van der Waals surface area contributed by atoms with E-state index in [1.807, 2.05) is 34.6 Å². The van der Waals surface area contributed by atoms with Gasteiger partial charge in [0.25, 0.3) is 0 Å². The molecule has 0 unspecified atom stereocenters. The minimum Gasteiger partial charge on any atom is -0.478 e. The van der Waals surface area contributed by atoms with Crippen LogP contribution in [0.2, 0.25) is 0 Å². The summed E-state index contributed by atoms with van der Waals surface area (Å²) in [4.78, 5) is 15.6. The van der Waals surface area contributed by atoms with Crippen molar-refractivity contribution >= 4 is 17.9 Å². The Kier molecular flexibility index (Phi) is 3.30. The molecule has 1 aliphatic heterocycles. The summed E-state index contributed by atoms with van der Waals surface area (Å²) in [5, 5.41) is 13.4. The molecule has 0 spiro atoms. The first-order valence-electron chi connectivity index (χ1n) is 7.67. The van der Waals surface area contributed by atoms with E-state index in [0.29, 0.717) is 13.1 Å². The highest BCUT2D eigenvalue weighted by molar-refractivity contribution is 5.91. The number of carboxylic acids is 1. The number of aliphatic imine (C=N–C) groups is 1. The summed E-state index contributed by atoms with van der Waals surface area (Å²) >= 11 is 0. The molecule has 0 fully saturated rings. The molecule has 0 bridgehead atoms. The zero-order valence-corrected chi connectivity index (χ0v) is 13.2. The van der Waals surface area contributed by atoms with Gasteiger partial charge in [-0.25, -0.2) is 4.79 Å². The minimum atomic E-state index is -0.922. The van der Waals surface area contributed by atoms with Crippen LogP contribution < -0.4 is 0 Å². The average Bonchev–Trinajstić information content (AvgIpc) is 3.10. The maximum atomic E-state index is 11.1. The molecule has 24 heavy (non-hydrogen) atoms. The van der Waals surface area contributed by atoms with Crippen LogP contribution in [0.5, 0.6) is 0 Å². The van der Waals surface area contributed by atoms with Crippen molar-refractivity contribution < 1.29 is 9.90 Å². The van der Waals surface area contributed by atoms with E-state index in [1.54, 1.807) is 18.5 Å². The summed E-state index contributed by atoms with van der Waals surface area (Å²) in [6, 6.07) is 7.82. The molecule has 1 N–H and O–H groups in total. The topological polar surface area (TPSA) is 72.4 Å². The smallest absolute Gasteiger partial charge is 0.337 e. The summed E-state index contributed by atoms with van der Waals surface area (Å²) in [7, 11) is 0. The van der Waals surface area contributed by atoms with Crippen LogP contribution in [0.3, 0.4) is 0 Å². The van der Waals surface area contributed by atoms with Gasteiger partial charge in [0.2, 0.25) is 0 Å². The van der Waals surface area contributed by atoms with Crippen molar-refractivity contribution in [3.63, 3.8) is 0 Å². The Hall–Kier alpha value is -3.15. The lowest BCUT2D eigenvalue weighted by molar-refractivity contribution is 0.0697. The summed E-state index contributed by atoms with van der Waals surface area (Å²) in [6.07, 6.45) is 7.22. The first-order valence-corrected chi connectivity index (χ1v) is 7.67. The van der Waals surface area contributed by atoms with Crippen LogP contribution in [0, 0.1) is 6.92 Å². The Morgan fingerprint density at radius 1 is 1.29 bits per heavy atom. The van der Waals surface area contributed by atoms with Crippen molar-refractivity contribution in [2.45, 2.75) is 20.0 Å². The molecule has 3 heterocycles. The van der Waals surface area contributed by atoms with E-state index in [9.17, 15) is 4.79 Å². The van der Waals surface area contributed by atoms with Gasteiger partial charge >= 0.3 is 5.97 Å². The fourth-order valence-corrected chi connectivity index (χ4v) is 2.91. The monoisotopic (exact) mass is 320 g/mol. The van der Waals surface area contributed by atoms with E-state index in [2.05, 4.69) is 22.2 Å². The first kappa shape index (κ1) is 14.4. The molecule has 6 nitrogen and oxygen atoms in total. The van der Waals surface area contributed by atoms with Crippen molar-refractivity contribution in [1.29, 1.82) is 0 Å². The lowest BCUT2D eigenvalue weighted by Crippen LogP contribution is -2.02. The van der Waals surface area contributed by atoms with Crippen LogP contribution in [0.1, 0.15) is 32.7 Å². The van der Waals surface area contributed by atoms with E-state index in [1.165, 1.54) is 0 Å². The number of nitrogens with zero attached hydrogens (tertiary/aromatic N) is 4. The normalized spacial score (nSPS) is 12.5. The molecule has 0 saturated heterocycles. The van der Waals surface area contributed by atoms with Crippen LogP contribution in [0.15, 0.2) is 47.8 Å². The SMILES string of the molecule is Cc1cnn(Cc2ccc3c(c2)N=Cc2cc(C(=O)O)cn2C3)c1.